The molecule has 0 heterocycles. The van der Waals surface area contributed by atoms with E-state index in [1.807, 2.05) is 0 Å². The van der Waals surface area contributed by atoms with Gasteiger partial charge in [0, 0.05) is 0 Å². The molecule has 0 N–H and O–H groups in total. The molecule has 0 nitrogen and oxygen atoms in total. The van der Waals surface area contributed by atoms with Crippen molar-refractivity contribution >= 4 is 0 Å². The van der Waals surface area contributed by atoms with E-state index >= 15 is 0 Å². The third-order valence-corrected chi connectivity index (χ3v) is 3.90. The van der Waals surface area contributed by atoms with Crippen LogP contribution in [-0.2, 0) is 30.2 Å². The van der Waals surface area contributed by atoms with Crippen LogP contribution in [0.15, 0.2) is 36.4 Å². The zero-order valence-electron chi connectivity index (χ0n) is 14.9. The van der Waals surface area contributed by atoms with Crippen molar-refractivity contribution in [1.29, 1.82) is 0 Å². The third kappa shape index (κ3) is 11.1. The zero-order valence-corrected chi connectivity index (χ0v) is 17.7. The molecule has 130 valence electrons. The number of rotatable bonds is 6. The summed E-state index contributed by atoms with van der Waals surface area (Å²) in [4.78, 5) is 0. The van der Waals surface area contributed by atoms with Gasteiger partial charge in [-0.25, -0.2) is 24.3 Å². The zero-order chi connectivity index (χ0) is 14.8. The second-order valence-corrected chi connectivity index (χ2v) is 5.68. The molecule has 0 bridgehead atoms. The Morgan fingerprint density at radius 3 is 1.30 bits per heavy atom. The number of halogens is 2. The van der Waals surface area contributed by atoms with Gasteiger partial charge in [-0.3, -0.25) is 0 Å². The van der Waals surface area contributed by atoms with E-state index in [9.17, 15) is 0 Å². The molecule has 2 aromatic carbocycles. The first-order valence-electron chi connectivity index (χ1n) is 8.11. The maximum atomic E-state index is 2.23. The van der Waals surface area contributed by atoms with Gasteiger partial charge < -0.3 is 24.8 Å². The number of hydrogen-bond acceptors (Lipinski definition) is 0. The molecule has 0 amide bonds. The minimum absolute atomic E-state index is 0. The van der Waals surface area contributed by atoms with Crippen LogP contribution in [0.2, 0.25) is 0 Å². The van der Waals surface area contributed by atoms with Crippen molar-refractivity contribution in [2.24, 2.45) is 0 Å². The summed E-state index contributed by atoms with van der Waals surface area (Å²) >= 11 is 0. The molecule has 0 aromatic heterocycles. The van der Waals surface area contributed by atoms with Crippen molar-refractivity contribution in [2.45, 2.75) is 66.2 Å². The predicted molar refractivity (Wildman–Crippen MR) is 90.8 cm³/mol. The van der Waals surface area contributed by atoms with Gasteiger partial charge in [-0.15, -0.1) is 0 Å². The smallest absolute Gasteiger partial charge is 1.00 e. The quantitative estimate of drug-likeness (QED) is 0.612. The molecule has 0 aliphatic rings. The maximum Gasteiger partial charge on any atom is 4.00 e. The summed E-state index contributed by atoms with van der Waals surface area (Å²) in [5.74, 6) is 0. The van der Waals surface area contributed by atoms with Gasteiger partial charge >= 0.3 is 17.4 Å². The van der Waals surface area contributed by atoms with Crippen LogP contribution in [0.25, 0.3) is 0 Å². The summed E-state index contributed by atoms with van der Waals surface area (Å²) < 4.78 is 0. The summed E-state index contributed by atoms with van der Waals surface area (Å²) in [6.45, 7) is 8.84. The molecule has 0 spiro atoms. The summed E-state index contributed by atoms with van der Waals surface area (Å²) in [7, 11) is 0. The van der Waals surface area contributed by atoms with Crippen molar-refractivity contribution in [3.63, 3.8) is 0 Å². The molecule has 2 aromatic rings. The summed E-state index contributed by atoms with van der Waals surface area (Å²) in [6.07, 6.45) is 7.76. The first-order chi connectivity index (χ1) is 9.69. The number of hydrogen-bond donors (Lipinski definition) is 0. The van der Waals surface area contributed by atoms with Crippen LogP contribution in [0.5, 0.6) is 0 Å². The topological polar surface area (TPSA) is 0 Å². The average molecular weight is 393 g/mol. The summed E-state index contributed by atoms with van der Waals surface area (Å²) in [6, 6.07) is 13.1. The van der Waals surface area contributed by atoms with Crippen LogP contribution in [0.3, 0.4) is 0 Å². The van der Waals surface area contributed by atoms with Gasteiger partial charge in [0.1, 0.15) is 0 Å². The van der Waals surface area contributed by atoms with E-state index in [2.05, 4.69) is 64.1 Å². The molecule has 3 heteroatoms. The Bertz CT molecular complexity index is 427. The number of aryl methyl sites for hydroxylation is 4. The average Bonchev–Trinajstić information content (AvgIpc) is 3.04. The Labute approximate surface area is 166 Å². The predicted octanol–water partition coefficient (Wildman–Crippen LogP) is 0.119. The standard InChI is InChI=1S/2C10H15.2ClH.Cr/c2*1-3-4-7-10-8-5-6-9(10)2;;;/h2*5-6,8H,3-4,7H2,1-2H3;2*1H;/q2*-1;;;+4/p-2. The Morgan fingerprint density at radius 2 is 1.09 bits per heavy atom. The molecule has 0 aliphatic heterocycles. The van der Waals surface area contributed by atoms with E-state index < -0.39 is 0 Å². The summed E-state index contributed by atoms with van der Waals surface area (Å²) in [5, 5.41) is 0. The first kappa shape index (κ1) is 27.7. The third-order valence-electron chi connectivity index (χ3n) is 3.90. The fourth-order valence-corrected chi connectivity index (χ4v) is 2.39. The van der Waals surface area contributed by atoms with Gasteiger partial charge in [0.2, 0.25) is 0 Å². The van der Waals surface area contributed by atoms with E-state index in [-0.39, 0.29) is 42.2 Å². The minimum atomic E-state index is 0. The molecule has 0 aliphatic carbocycles. The van der Waals surface area contributed by atoms with Crippen LogP contribution in [0.1, 0.15) is 61.8 Å². The molecular formula is C20H30Cl2Cr. The Kier molecular flexibility index (Phi) is 20.0. The van der Waals surface area contributed by atoms with Gasteiger partial charge in [0.05, 0.1) is 0 Å². The Morgan fingerprint density at radius 1 is 0.739 bits per heavy atom. The minimum Gasteiger partial charge on any atom is -1.00 e. The van der Waals surface area contributed by atoms with Crippen LogP contribution < -0.4 is 24.8 Å². The van der Waals surface area contributed by atoms with Gasteiger partial charge in [-0.05, 0) is 0 Å². The molecule has 0 fully saturated rings. The molecule has 0 atom stereocenters. The molecule has 0 radical (unpaired) electrons. The molecule has 0 saturated heterocycles. The summed E-state index contributed by atoms with van der Waals surface area (Å²) in [5.41, 5.74) is 5.96. The van der Waals surface area contributed by atoms with Crippen molar-refractivity contribution < 1.29 is 42.2 Å². The van der Waals surface area contributed by atoms with Gasteiger partial charge in [-0.1, -0.05) is 66.2 Å². The van der Waals surface area contributed by atoms with E-state index in [1.54, 1.807) is 0 Å². The van der Waals surface area contributed by atoms with E-state index in [4.69, 9.17) is 0 Å². The molecule has 23 heavy (non-hydrogen) atoms. The van der Waals surface area contributed by atoms with Crippen molar-refractivity contribution in [3.05, 3.63) is 58.7 Å². The van der Waals surface area contributed by atoms with E-state index in [1.165, 1.54) is 60.8 Å². The van der Waals surface area contributed by atoms with Crippen molar-refractivity contribution in [1.82, 2.24) is 0 Å². The van der Waals surface area contributed by atoms with Crippen molar-refractivity contribution in [2.75, 3.05) is 0 Å². The van der Waals surface area contributed by atoms with Crippen LogP contribution >= 0.6 is 0 Å². The maximum absolute atomic E-state index is 2.23. The Hall–Kier alpha value is -0.188. The molecular weight excluding hydrogens is 363 g/mol. The van der Waals surface area contributed by atoms with Gasteiger partial charge in [0.25, 0.3) is 0 Å². The SMILES string of the molecule is CCCC[c-]1cccc1C.CCCC[c-]1cccc1C.[Cl-].[Cl-].[Cr+4]. The van der Waals surface area contributed by atoms with Gasteiger partial charge in [0.15, 0.2) is 0 Å². The van der Waals surface area contributed by atoms with E-state index in [0.29, 0.717) is 0 Å². The largest absolute Gasteiger partial charge is 4.00 e. The number of unbranched alkanes of at least 4 members (excludes halogenated alkanes) is 2. The normalized spacial score (nSPS) is 8.87. The fraction of sp³-hybridized carbons (Fsp3) is 0.500. The van der Waals surface area contributed by atoms with Crippen molar-refractivity contribution in [3.8, 4) is 0 Å². The Balaban J connectivity index is -0.000000308. The van der Waals surface area contributed by atoms with Crippen LogP contribution in [0, 0.1) is 13.8 Å². The second-order valence-electron chi connectivity index (χ2n) is 5.68. The molecule has 0 saturated carbocycles. The first-order valence-corrected chi connectivity index (χ1v) is 8.11. The van der Waals surface area contributed by atoms with Crippen LogP contribution in [-0.4, -0.2) is 0 Å². The molecule has 2 rings (SSSR count). The van der Waals surface area contributed by atoms with Crippen LogP contribution in [0.4, 0.5) is 0 Å². The molecule has 0 unspecified atom stereocenters. The second kappa shape index (κ2) is 16.7. The monoisotopic (exact) mass is 392 g/mol. The fourth-order valence-electron chi connectivity index (χ4n) is 2.39. The van der Waals surface area contributed by atoms with Gasteiger partial charge in [-0.2, -0.15) is 34.4 Å². The van der Waals surface area contributed by atoms with E-state index in [0.717, 1.165) is 0 Å².